The second kappa shape index (κ2) is 10.1. The summed E-state index contributed by atoms with van der Waals surface area (Å²) in [6, 6.07) is 21.0. The van der Waals surface area contributed by atoms with Crippen molar-refractivity contribution in [3.8, 4) is 11.5 Å². The Morgan fingerprint density at radius 3 is 2.53 bits per heavy atom. The van der Waals surface area contributed by atoms with Crippen LogP contribution in [0, 0.1) is 0 Å². The Balaban J connectivity index is 1.27. The van der Waals surface area contributed by atoms with Gasteiger partial charge in [0.2, 0.25) is 0 Å². The fraction of sp³-hybridized carbons (Fsp3) is 0.250. The van der Waals surface area contributed by atoms with Gasteiger partial charge in [-0.25, -0.2) is 9.97 Å². The molecule has 0 radical (unpaired) electrons. The molecule has 0 saturated heterocycles. The Morgan fingerprint density at radius 1 is 1.00 bits per heavy atom. The summed E-state index contributed by atoms with van der Waals surface area (Å²) in [4.78, 5) is 25.8. The summed E-state index contributed by atoms with van der Waals surface area (Å²) in [7, 11) is 1.97. The number of benzene rings is 3. The molecule has 5 aromatic rings. The summed E-state index contributed by atoms with van der Waals surface area (Å²) in [5.74, 6) is 2.90. The molecule has 1 amide bonds. The van der Waals surface area contributed by atoms with Crippen molar-refractivity contribution in [2.75, 3.05) is 19.8 Å². The number of fused-ring (bicyclic) bond motifs is 2. The van der Waals surface area contributed by atoms with Gasteiger partial charge in [0.15, 0.2) is 11.5 Å². The summed E-state index contributed by atoms with van der Waals surface area (Å²) in [5.41, 5.74) is 4.23. The van der Waals surface area contributed by atoms with E-state index in [-0.39, 0.29) is 11.8 Å². The van der Waals surface area contributed by atoms with Crippen LogP contribution in [0.3, 0.4) is 0 Å². The lowest BCUT2D eigenvalue weighted by Gasteiger charge is -2.12. The van der Waals surface area contributed by atoms with Crippen LogP contribution >= 0.6 is 0 Å². The number of aryl methyl sites for hydroxylation is 1. The van der Waals surface area contributed by atoms with Crippen molar-refractivity contribution in [2.45, 2.75) is 19.8 Å². The van der Waals surface area contributed by atoms with Crippen molar-refractivity contribution < 1.29 is 14.3 Å². The third-order valence-corrected chi connectivity index (χ3v) is 6.18. The van der Waals surface area contributed by atoms with E-state index in [2.05, 4.69) is 17.2 Å². The Labute approximate surface area is 209 Å². The lowest BCUT2D eigenvalue weighted by molar-refractivity contribution is 0.0947. The minimum absolute atomic E-state index is 0.0382. The molecule has 5 rings (SSSR count). The van der Waals surface area contributed by atoms with Crippen LogP contribution < -0.4 is 14.8 Å². The molecule has 0 bridgehead atoms. The molecule has 2 aromatic heterocycles. The van der Waals surface area contributed by atoms with E-state index in [1.165, 1.54) is 0 Å². The number of hydrogen-bond donors (Lipinski definition) is 2. The number of hydrogen-bond acceptors (Lipinski definition) is 5. The first-order valence-electron chi connectivity index (χ1n) is 12.1. The molecular formula is C28H29N5O3. The van der Waals surface area contributed by atoms with Crippen LogP contribution in [0.2, 0.25) is 0 Å². The van der Waals surface area contributed by atoms with Gasteiger partial charge in [-0.2, -0.15) is 0 Å². The van der Waals surface area contributed by atoms with Gasteiger partial charge in [-0.15, -0.1) is 0 Å². The van der Waals surface area contributed by atoms with Crippen molar-refractivity contribution in [3.05, 3.63) is 83.9 Å². The van der Waals surface area contributed by atoms with E-state index in [0.29, 0.717) is 36.8 Å². The minimum atomic E-state index is -0.160. The molecule has 8 heteroatoms. The second-order valence-corrected chi connectivity index (χ2v) is 8.58. The first kappa shape index (κ1) is 23.4. The number of nitrogens with zero attached hydrogens (tertiary/aromatic N) is 3. The average molecular weight is 484 g/mol. The van der Waals surface area contributed by atoms with Crippen molar-refractivity contribution in [1.82, 2.24) is 24.8 Å². The molecule has 2 N–H and O–H groups in total. The molecule has 1 unspecified atom stereocenters. The van der Waals surface area contributed by atoms with Crippen LogP contribution in [0.1, 0.15) is 41.8 Å². The normalized spacial score (nSPS) is 12.1. The number of amides is 1. The molecule has 1 atom stereocenters. The molecule has 8 nitrogen and oxygen atoms in total. The van der Waals surface area contributed by atoms with E-state index in [9.17, 15) is 4.79 Å². The Morgan fingerprint density at radius 2 is 1.75 bits per heavy atom. The van der Waals surface area contributed by atoms with Crippen LogP contribution in [0.5, 0.6) is 11.5 Å². The van der Waals surface area contributed by atoms with Gasteiger partial charge in [0.05, 0.1) is 41.1 Å². The fourth-order valence-corrected chi connectivity index (χ4v) is 4.31. The van der Waals surface area contributed by atoms with Gasteiger partial charge in [0.25, 0.3) is 5.91 Å². The third kappa shape index (κ3) is 4.62. The zero-order valence-corrected chi connectivity index (χ0v) is 20.6. The van der Waals surface area contributed by atoms with Gasteiger partial charge >= 0.3 is 0 Å². The highest BCUT2D eigenvalue weighted by Gasteiger charge is 2.20. The number of rotatable bonds is 9. The van der Waals surface area contributed by atoms with E-state index in [1.54, 1.807) is 6.07 Å². The Bertz CT molecular complexity index is 1490. The van der Waals surface area contributed by atoms with E-state index in [1.807, 2.05) is 79.2 Å². The predicted molar refractivity (Wildman–Crippen MR) is 140 cm³/mol. The standard InChI is InChI=1S/C28H29N5O3/c1-4-35-24-11-7-8-12-25(24)36-16-15-29-28(34)19-13-14-22-23(17-19)33(3)27(32-22)18(2)26-30-20-9-5-6-10-21(20)31-26/h5-14,17-18H,4,15-16H2,1-3H3,(H,29,34)(H,30,31). The van der Waals surface area contributed by atoms with E-state index < -0.39 is 0 Å². The van der Waals surface area contributed by atoms with Gasteiger partial charge in [0, 0.05) is 12.6 Å². The molecule has 0 saturated carbocycles. The lowest BCUT2D eigenvalue weighted by Crippen LogP contribution is -2.28. The number of ether oxygens (including phenoxy) is 2. The maximum absolute atomic E-state index is 12.8. The molecule has 3 aromatic carbocycles. The van der Waals surface area contributed by atoms with E-state index in [0.717, 1.165) is 33.7 Å². The molecular weight excluding hydrogens is 454 g/mol. The number of carbonyl (C=O) groups is 1. The number of H-pyrrole nitrogens is 1. The van der Waals surface area contributed by atoms with Crippen molar-refractivity contribution in [2.24, 2.45) is 7.05 Å². The largest absolute Gasteiger partial charge is 0.490 e. The SMILES string of the molecule is CCOc1ccccc1OCCNC(=O)c1ccc2nc(C(C)c3nc4ccccc4[nH]3)n(C)c2c1. The van der Waals surface area contributed by atoms with Crippen LogP contribution in [0.4, 0.5) is 0 Å². The highest BCUT2D eigenvalue weighted by atomic mass is 16.5. The predicted octanol–water partition coefficient (Wildman–Crippen LogP) is 4.81. The highest BCUT2D eigenvalue weighted by molar-refractivity contribution is 5.97. The number of aromatic nitrogens is 4. The summed E-state index contributed by atoms with van der Waals surface area (Å²) in [6.45, 7) is 5.28. The van der Waals surface area contributed by atoms with Gasteiger partial charge in [0.1, 0.15) is 18.3 Å². The number of para-hydroxylation sites is 4. The van der Waals surface area contributed by atoms with Gasteiger partial charge in [-0.05, 0) is 56.3 Å². The fourth-order valence-electron chi connectivity index (χ4n) is 4.31. The molecule has 0 aliphatic heterocycles. The van der Waals surface area contributed by atoms with Gasteiger partial charge in [-0.3, -0.25) is 4.79 Å². The molecule has 0 aliphatic carbocycles. The topological polar surface area (TPSA) is 94.1 Å². The second-order valence-electron chi connectivity index (χ2n) is 8.58. The maximum atomic E-state index is 12.8. The first-order chi connectivity index (χ1) is 17.5. The summed E-state index contributed by atoms with van der Waals surface area (Å²) < 4.78 is 13.4. The monoisotopic (exact) mass is 483 g/mol. The van der Waals surface area contributed by atoms with E-state index >= 15 is 0 Å². The van der Waals surface area contributed by atoms with Crippen molar-refractivity contribution in [3.63, 3.8) is 0 Å². The maximum Gasteiger partial charge on any atom is 0.251 e. The highest BCUT2D eigenvalue weighted by Crippen LogP contribution is 2.28. The number of imidazole rings is 2. The van der Waals surface area contributed by atoms with Gasteiger partial charge in [-0.1, -0.05) is 24.3 Å². The zero-order valence-electron chi connectivity index (χ0n) is 20.6. The summed E-state index contributed by atoms with van der Waals surface area (Å²) in [6.07, 6.45) is 0. The van der Waals surface area contributed by atoms with Gasteiger partial charge < -0.3 is 24.3 Å². The van der Waals surface area contributed by atoms with Crippen LogP contribution in [-0.2, 0) is 7.05 Å². The molecule has 0 aliphatic rings. The van der Waals surface area contributed by atoms with Crippen LogP contribution in [0.25, 0.3) is 22.1 Å². The molecule has 0 spiro atoms. The molecule has 0 fully saturated rings. The van der Waals surface area contributed by atoms with E-state index in [4.69, 9.17) is 19.4 Å². The Hall–Kier alpha value is -4.33. The number of aromatic amines is 1. The molecule has 36 heavy (non-hydrogen) atoms. The number of nitrogens with one attached hydrogen (secondary N) is 2. The molecule has 2 heterocycles. The first-order valence-corrected chi connectivity index (χ1v) is 12.1. The smallest absolute Gasteiger partial charge is 0.251 e. The quantitative estimate of drug-likeness (QED) is 0.294. The minimum Gasteiger partial charge on any atom is -0.490 e. The van der Waals surface area contributed by atoms with Crippen LogP contribution in [-0.4, -0.2) is 45.2 Å². The third-order valence-electron chi connectivity index (χ3n) is 6.18. The number of carbonyl (C=O) groups excluding carboxylic acids is 1. The van der Waals surface area contributed by atoms with Crippen molar-refractivity contribution in [1.29, 1.82) is 0 Å². The lowest BCUT2D eigenvalue weighted by atomic mass is 10.1. The molecule has 184 valence electrons. The van der Waals surface area contributed by atoms with Crippen molar-refractivity contribution >= 4 is 28.0 Å². The summed E-state index contributed by atoms with van der Waals surface area (Å²) in [5, 5.41) is 2.93. The van der Waals surface area contributed by atoms with Crippen LogP contribution in [0.15, 0.2) is 66.7 Å². The Kier molecular flexibility index (Phi) is 6.58. The zero-order chi connectivity index (χ0) is 25.1. The average Bonchev–Trinajstić information content (AvgIpc) is 3.48. The summed E-state index contributed by atoms with van der Waals surface area (Å²) >= 11 is 0.